The van der Waals surface area contributed by atoms with Crippen LogP contribution in [0.2, 0.25) is 0 Å². The van der Waals surface area contributed by atoms with E-state index >= 15 is 0 Å². The second-order valence-electron chi connectivity index (χ2n) is 9.31. The fourth-order valence-electron chi connectivity index (χ4n) is 4.48. The van der Waals surface area contributed by atoms with E-state index in [2.05, 4.69) is 35.3 Å². The zero-order chi connectivity index (χ0) is 24.2. The van der Waals surface area contributed by atoms with Crippen molar-refractivity contribution in [1.82, 2.24) is 24.7 Å². The summed E-state index contributed by atoms with van der Waals surface area (Å²) in [6, 6.07) is 17.7. The number of benzene rings is 2. The van der Waals surface area contributed by atoms with Crippen LogP contribution in [0.5, 0.6) is 0 Å². The predicted octanol–water partition coefficient (Wildman–Crippen LogP) is 3.70. The summed E-state index contributed by atoms with van der Waals surface area (Å²) in [4.78, 5) is 29.0. The number of piperazine rings is 1. The zero-order valence-corrected chi connectivity index (χ0v) is 20.4. The van der Waals surface area contributed by atoms with Gasteiger partial charge in [0, 0.05) is 43.5 Å². The van der Waals surface area contributed by atoms with Crippen LogP contribution in [0.15, 0.2) is 59.0 Å². The van der Waals surface area contributed by atoms with Crippen molar-refractivity contribution in [3.8, 4) is 0 Å². The number of furan rings is 1. The molecule has 5 rings (SSSR count). The van der Waals surface area contributed by atoms with Gasteiger partial charge in [-0.1, -0.05) is 30.3 Å². The molecule has 3 heterocycles. The number of rotatable bonds is 8. The molecule has 0 saturated carbocycles. The Bertz CT molecular complexity index is 1280. The number of para-hydroxylation sites is 2. The van der Waals surface area contributed by atoms with Gasteiger partial charge in [-0.3, -0.25) is 9.69 Å². The maximum Gasteiger partial charge on any atom is 0.289 e. The average Bonchev–Trinajstić information content (AvgIpc) is 3.31. The van der Waals surface area contributed by atoms with Gasteiger partial charge in [0.2, 0.25) is 0 Å². The van der Waals surface area contributed by atoms with Crippen LogP contribution in [-0.4, -0.2) is 83.9 Å². The van der Waals surface area contributed by atoms with Crippen molar-refractivity contribution in [2.75, 3.05) is 58.7 Å². The Morgan fingerprint density at radius 3 is 2.60 bits per heavy atom. The lowest BCUT2D eigenvalue weighted by molar-refractivity contribution is 0.0597. The minimum atomic E-state index is -0.0491. The highest BCUT2D eigenvalue weighted by atomic mass is 16.3. The molecule has 0 spiro atoms. The highest BCUT2D eigenvalue weighted by molar-refractivity contribution is 5.96. The zero-order valence-electron chi connectivity index (χ0n) is 20.4. The summed E-state index contributed by atoms with van der Waals surface area (Å²) in [5.74, 6) is 2.05. The van der Waals surface area contributed by atoms with Crippen LogP contribution in [-0.2, 0) is 6.54 Å². The standard InChI is InChI=1S/C27H32N6O2/c1-31(2)13-7-12-28-26-21-9-4-5-10-22(21)29-25(30-26)19-32-14-16-33(17-15-32)27(34)24-18-20-8-3-6-11-23(20)35-24/h3-6,8-11,18H,7,12-17,19H2,1-2H3,(H,28,29,30). The molecule has 1 amide bonds. The van der Waals surface area contributed by atoms with E-state index < -0.39 is 0 Å². The van der Waals surface area contributed by atoms with Crippen LogP contribution < -0.4 is 5.32 Å². The molecule has 182 valence electrons. The van der Waals surface area contributed by atoms with Gasteiger partial charge in [-0.2, -0.15) is 0 Å². The number of amides is 1. The van der Waals surface area contributed by atoms with Gasteiger partial charge in [0.1, 0.15) is 17.2 Å². The third-order valence-corrected chi connectivity index (χ3v) is 6.38. The maximum atomic E-state index is 13.0. The van der Waals surface area contributed by atoms with E-state index in [0.717, 1.165) is 66.1 Å². The molecule has 8 nitrogen and oxygen atoms in total. The molecule has 0 radical (unpaired) electrons. The first kappa shape index (κ1) is 23.3. The van der Waals surface area contributed by atoms with E-state index in [9.17, 15) is 4.79 Å². The van der Waals surface area contributed by atoms with Crippen molar-refractivity contribution in [2.24, 2.45) is 0 Å². The number of nitrogens with one attached hydrogen (secondary N) is 1. The molecule has 35 heavy (non-hydrogen) atoms. The number of anilines is 1. The Balaban J connectivity index is 1.22. The Morgan fingerprint density at radius 1 is 1.03 bits per heavy atom. The molecule has 1 N–H and O–H groups in total. The van der Waals surface area contributed by atoms with Crippen molar-refractivity contribution in [1.29, 1.82) is 0 Å². The summed E-state index contributed by atoms with van der Waals surface area (Å²) in [5.41, 5.74) is 1.69. The van der Waals surface area contributed by atoms with E-state index in [1.165, 1.54) is 0 Å². The number of fused-ring (bicyclic) bond motifs is 2. The van der Waals surface area contributed by atoms with E-state index in [1.54, 1.807) is 0 Å². The van der Waals surface area contributed by atoms with Crippen molar-refractivity contribution >= 4 is 33.6 Å². The first-order chi connectivity index (χ1) is 17.1. The molecule has 0 atom stereocenters. The van der Waals surface area contributed by atoms with Gasteiger partial charge in [0.15, 0.2) is 5.76 Å². The molecule has 2 aromatic carbocycles. The van der Waals surface area contributed by atoms with Gasteiger partial charge in [-0.05, 0) is 51.3 Å². The van der Waals surface area contributed by atoms with Gasteiger partial charge in [0.25, 0.3) is 5.91 Å². The van der Waals surface area contributed by atoms with Crippen LogP contribution in [0, 0.1) is 0 Å². The van der Waals surface area contributed by atoms with Crippen molar-refractivity contribution < 1.29 is 9.21 Å². The second-order valence-corrected chi connectivity index (χ2v) is 9.31. The molecule has 1 saturated heterocycles. The molecule has 0 aliphatic carbocycles. The summed E-state index contributed by atoms with van der Waals surface area (Å²) in [7, 11) is 4.17. The van der Waals surface area contributed by atoms with E-state index in [4.69, 9.17) is 14.4 Å². The topological polar surface area (TPSA) is 77.7 Å². The monoisotopic (exact) mass is 472 g/mol. The smallest absolute Gasteiger partial charge is 0.289 e. The Morgan fingerprint density at radius 2 is 1.80 bits per heavy atom. The first-order valence-electron chi connectivity index (χ1n) is 12.2. The summed E-state index contributed by atoms with van der Waals surface area (Å²) in [5, 5.41) is 5.51. The van der Waals surface area contributed by atoms with E-state index in [1.807, 2.05) is 53.4 Å². The summed E-state index contributed by atoms with van der Waals surface area (Å²) in [6.45, 7) is 5.39. The third kappa shape index (κ3) is 5.44. The SMILES string of the molecule is CN(C)CCCNc1nc(CN2CCN(C(=O)c3cc4ccccc4o3)CC2)nc2ccccc12. The largest absolute Gasteiger partial charge is 0.451 e. The minimum absolute atomic E-state index is 0.0491. The van der Waals surface area contributed by atoms with Crippen molar-refractivity contribution in [3.63, 3.8) is 0 Å². The Kier molecular flexibility index (Phi) is 6.92. The van der Waals surface area contributed by atoms with Gasteiger partial charge < -0.3 is 19.5 Å². The lowest BCUT2D eigenvalue weighted by atomic mass is 10.2. The molecule has 2 aromatic heterocycles. The molecular weight excluding hydrogens is 440 g/mol. The number of hydrogen-bond donors (Lipinski definition) is 1. The Hall–Kier alpha value is -3.49. The summed E-state index contributed by atoms with van der Waals surface area (Å²) >= 11 is 0. The number of carbonyl (C=O) groups is 1. The lowest BCUT2D eigenvalue weighted by Gasteiger charge is -2.33. The first-order valence-corrected chi connectivity index (χ1v) is 12.2. The maximum absolute atomic E-state index is 13.0. The molecule has 1 aliphatic heterocycles. The third-order valence-electron chi connectivity index (χ3n) is 6.38. The average molecular weight is 473 g/mol. The highest BCUT2D eigenvalue weighted by Gasteiger charge is 2.25. The number of hydrogen-bond acceptors (Lipinski definition) is 7. The molecule has 8 heteroatoms. The van der Waals surface area contributed by atoms with Gasteiger partial charge in [-0.25, -0.2) is 9.97 Å². The fraction of sp³-hybridized carbons (Fsp3) is 0.370. The van der Waals surface area contributed by atoms with Crippen LogP contribution in [0.3, 0.4) is 0 Å². The second kappa shape index (κ2) is 10.4. The summed E-state index contributed by atoms with van der Waals surface area (Å²) in [6.07, 6.45) is 1.04. The number of carbonyl (C=O) groups excluding carboxylic acids is 1. The quantitative estimate of drug-likeness (QED) is 0.392. The van der Waals surface area contributed by atoms with E-state index in [-0.39, 0.29) is 5.91 Å². The van der Waals surface area contributed by atoms with Crippen LogP contribution in [0.1, 0.15) is 22.8 Å². The minimum Gasteiger partial charge on any atom is -0.451 e. The molecular formula is C27H32N6O2. The summed E-state index contributed by atoms with van der Waals surface area (Å²) < 4.78 is 5.78. The molecule has 1 aliphatic rings. The van der Waals surface area contributed by atoms with Gasteiger partial charge >= 0.3 is 0 Å². The number of nitrogens with zero attached hydrogens (tertiary/aromatic N) is 5. The molecule has 0 bridgehead atoms. The normalized spacial score (nSPS) is 14.8. The highest BCUT2D eigenvalue weighted by Crippen LogP contribution is 2.22. The predicted molar refractivity (Wildman–Crippen MR) is 139 cm³/mol. The van der Waals surface area contributed by atoms with Gasteiger partial charge in [0.05, 0.1) is 12.1 Å². The molecule has 1 fully saturated rings. The molecule has 4 aromatic rings. The number of aromatic nitrogens is 2. The van der Waals surface area contributed by atoms with Crippen molar-refractivity contribution in [3.05, 3.63) is 66.2 Å². The van der Waals surface area contributed by atoms with Crippen LogP contribution in [0.25, 0.3) is 21.9 Å². The van der Waals surface area contributed by atoms with Gasteiger partial charge in [-0.15, -0.1) is 0 Å². The van der Waals surface area contributed by atoms with Crippen LogP contribution >= 0.6 is 0 Å². The van der Waals surface area contributed by atoms with Crippen molar-refractivity contribution in [2.45, 2.75) is 13.0 Å². The Labute approximate surface area is 205 Å². The van der Waals surface area contributed by atoms with Crippen LogP contribution in [0.4, 0.5) is 5.82 Å². The molecule has 0 unspecified atom stereocenters. The fourth-order valence-corrected chi connectivity index (χ4v) is 4.48. The lowest BCUT2D eigenvalue weighted by Crippen LogP contribution is -2.48. The van der Waals surface area contributed by atoms with E-state index in [0.29, 0.717) is 25.4 Å².